The summed E-state index contributed by atoms with van der Waals surface area (Å²) in [4.78, 5) is 25.1. The van der Waals surface area contributed by atoms with Crippen molar-refractivity contribution in [2.24, 2.45) is 0 Å². The summed E-state index contributed by atoms with van der Waals surface area (Å²) < 4.78 is 41.7. The van der Waals surface area contributed by atoms with Crippen molar-refractivity contribution in [3.63, 3.8) is 0 Å². The van der Waals surface area contributed by atoms with Gasteiger partial charge in [-0.1, -0.05) is 41.9 Å². The molecule has 2 rings (SSSR count). The third-order valence-electron chi connectivity index (χ3n) is 4.00. The minimum atomic E-state index is -4.84. The van der Waals surface area contributed by atoms with Crippen LogP contribution in [-0.4, -0.2) is 36.2 Å². The summed E-state index contributed by atoms with van der Waals surface area (Å²) in [6.07, 6.45) is -2.65. The average molecular weight is 461 g/mol. The Balaban J connectivity index is 2.07. The molecular formula is C20H20ClF3N2O3S. The van der Waals surface area contributed by atoms with Crippen LogP contribution < -0.4 is 15.4 Å². The Morgan fingerprint density at radius 1 is 1.13 bits per heavy atom. The number of carbonyl (C=O) groups is 2. The Bertz CT molecular complexity index is 880. The van der Waals surface area contributed by atoms with E-state index in [2.05, 4.69) is 15.4 Å². The van der Waals surface area contributed by atoms with Crippen molar-refractivity contribution in [2.75, 3.05) is 12.0 Å². The topological polar surface area (TPSA) is 67.4 Å². The maximum Gasteiger partial charge on any atom is 0.573 e. The summed E-state index contributed by atoms with van der Waals surface area (Å²) in [6, 6.07) is 11.1. The maximum atomic E-state index is 12.6. The van der Waals surface area contributed by atoms with Crippen molar-refractivity contribution in [2.45, 2.75) is 25.4 Å². The molecule has 0 bridgehead atoms. The summed E-state index contributed by atoms with van der Waals surface area (Å²) in [7, 11) is 0. The SMILES string of the molecule is CSCCC(NC(=O)c1ccccc1Cl)C(=O)NCc1ccccc1OC(F)(F)F. The molecule has 0 aromatic heterocycles. The van der Waals surface area contributed by atoms with Gasteiger partial charge in [0.05, 0.1) is 10.6 Å². The van der Waals surface area contributed by atoms with E-state index in [0.29, 0.717) is 12.2 Å². The Hall–Kier alpha value is -2.39. The number of hydrogen-bond donors (Lipinski definition) is 2. The fourth-order valence-electron chi connectivity index (χ4n) is 2.57. The van der Waals surface area contributed by atoms with Crippen LogP contribution in [0.3, 0.4) is 0 Å². The van der Waals surface area contributed by atoms with Crippen molar-refractivity contribution in [1.29, 1.82) is 0 Å². The monoisotopic (exact) mass is 460 g/mol. The molecule has 162 valence electrons. The van der Waals surface area contributed by atoms with E-state index in [1.54, 1.807) is 18.2 Å². The second-order valence-electron chi connectivity index (χ2n) is 6.16. The standard InChI is InChI=1S/C20H20ClF3N2O3S/c1-30-11-10-16(26-18(27)14-7-3-4-8-15(14)21)19(28)25-12-13-6-2-5-9-17(13)29-20(22,23)24/h2-9,16H,10-12H2,1H3,(H,25,28)(H,26,27). The smallest absolute Gasteiger partial charge is 0.405 e. The van der Waals surface area contributed by atoms with Crippen molar-refractivity contribution in [3.05, 3.63) is 64.7 Å². The van der Waals surface area contributed by atoms with Crippen LogP contribution in [0.2, 0.25) is 5.02 Å². The van der Waals surface area contributed by atoms with Crippen LogP contribution in [0.4, 0.5) is 13.2 Å². The minimum Gasteiger partial charge on any atom is -0.405 e. The molecule has 30 heavy (non-hydrogen) atoms. The minimum absolute atomic E-state index is 0.157. The Morgan fingerprint density at radius 2 is 1.80 bits per heavy atom. The molecule has 1 unspecified atom stereocenters. The lowest BCUT2D eigenvalue weighted by molar-refractivity contribution is -0.274. The van der Waals surface area contributed by atoms with Crippen molar-refractivity contribution in [1.82, 2.24) is 10.6 Å². The summed E-state index contributed by atoms with van der Waals surface area (Å²) in [5.41, 5.74) is 0.384. The number of alkyl halides is 3. The van der Waals surface area contributed by atoms with E-state index in [1.165, 1.54) is 42.1 Å². The lowest BCUT2D eigenvalue weighted by atomic mass is 10.1. The molecule has 10 heteroatoms. The van der Waals surface area contributed by atoms with Gasteiger partial charge in [0, 0.05) is 12.1 Å². The van der Waals surface area contributed by atoms with Gasteiger partial charge < -0.3 is 15.4 Å². The Morgan fingerprint density at radius 3 is 2.47 bits per heavy atom. The van der Waals surface area contributed by atoms with E-state index in [9.17, 15) is 22.8 Å². The van der Waals surface area contributed by atoms with Crippen LogP contribution >= 0.6 is 23.4 Å². The van der Waals surface area contributed by atoms with Gasteiger partial charge in [0.2, 0.25) is 5.91 Å². The normalized spacial score (nSPS) is 12.2. The molecule has 5 nitrogen and oxygen atoms in total. The van der Waals surface area contributed by atoms with Crippen molar-refractivity contribution < 1.29 is 27.5 Å². The fraction of sp³-hybridized carbons (Fsp3) is 0.300. The van der Waals surface area contributed by atoms with Gasteiger partial charge in [0.25, 0.3) is 5.91 Å². The largest absolute Gasteiger partial charge is 0.573 e. The van der Waals surface area contributed by atoms with E-state index in [-0.39, 0.29) is 22.7 Å². The zero-order valence-electron chi connectivity index (χ0n) is 16.0. The van der Waals surface area contributed by atoms with E-state index in [4.69, 9.17) is 11.6 Å². The fourth-order valence-corrected chi connectivity index (χ4v) is 3.26. The first-order chi connectivity index (χ1) is 14.2. The number of hydrogen-bond acceptors (Lipinski definition) is 4. The van der Waals surface area contributed by atoms with Crippen molar-refractivity contribution in [3.8, 4) is 5.75 Å². The van der Waals surface area contributed by atoms with Crippen molar-refractivity contribution >= 4 is 35.2 Å². The number of rotatable bonds is 9. The van der Waals surface area contributed by atoms with Gasteiger partial charge in [-0.2, -0.15) is 11.8 Å². The van der Waals surface area contributed by atoms with Crippen LogP contribution in [0.25, 0.3) is 0 Å². The average Bonchev–Trinajstić information content (AvgIpc) is 2.69. The highest BCUT2D eigenvalue weighted by Crippen LogP contribution is 2.26. The van der Waals surface area contributed by atoms with Gasteiger partial charge in [0.1, 0.15) is 11.8 Å². The zero-order chi connectivity index (χ0) is 22.1. The first-order valence-corrected chi connectivity index (χ1v) is 10.6. The van der Waals surface area contributed by atoms with Gasteiger partial charge in [-0.15, -0.1) is 13.2 Å². The molecule has 2 N–H and O–H groups in total. The van der Waals surface area contributed by atoms with Gasteiger partial charge in [-0.3, -0.25) is 9.59 Å². The predicted molar refractivity (Wildman–Crippen MR) is 111 cm³/mol. The molecule has 0 saturated heterocycles. The lowest BCUT2D eigenvalue weighted by Crippen LogP contribution is -2.47. The molecule has 2 aromatic rings. The van der Waals surface area contributed by atoms with E-state index < -0.39 is 30.0 Å². The molecule has 0 saturated carbocycles. The third-order valence-corrected chi connectivity index (χ3v) is 4.98. The maximum absolute atomic E-state index is 12.6. The summed E-state index contributed by atoms with van der Waals surface area (Å²) in [5.74, 6) is -0.839. The number of ether oxygens (including phenoxy) is 1. The third kappa shape index (κ3) is 7.46. The van der Waals surface area contributed by atoms with Crippen LogP contribution in [0.1, 0.15) is 22.3 Å². The molecule has 1 atom stereocenters. The lowest BCUT2D eigenvalue weighted by Gasteiger charge is -2.19. The Kier molecular flexibility index (Phi) is 8.86. The number of para-hydroxylation sites is 1. The molecule has 0 spiro atoms. The van der Waals surface area contributed by atoms with E-state index in [1.807, 2.05) is 6.26 Å². The van der Waals surface area contributed by atoms with Gasteiger partial charge in [0.15, 0.2) is 0 Å². The van der Waals surface area contributed by atoms with Crippen LogP contribution in [0.15, 0.2) is 48.5 Å². The molecule has 0 aliphatic rings. The quantitative estimate of drug-likeness (QED) is 0.582. The number of benzene rings is 2. The van der Waals surface area contributed by atoms with E-state index >= 15 is 0 Å². The van der Waals surface area contributed by atoms with E-state index in [0.717, 1.165) is 0 Å². The van der Waals surface area contributed by atoms with Crippen LogP contribution in [0.5, 0.6) is 5.75 Å². The number of halogens is 4. The molecule has 0 radical (unpaired) electrons. The second kappa shape index (κ2) is 11.1. The molecule has 0 fully saturated rings. The first-order valence-electron chi connectivity index (χ1n) is 8.87. The van der Waals surface area contributed by atoms with Gasteiger partial charge in [-0.05, 0) is 36.6 Å². The summed E-state index contributed by atoms with van der Waals surface area (Å²) in [5, 5.41) is 5.45. The highest BCUT2D eigenvalue weighted by molar-refractivity contribution is 7.98. The van der Waals surface area contributed by atoms with Gasteiger partial charge in [-0.25, -0.2) is 0 Å². The second-order valence-corrected chi connectivity index (χ2v) is 7.55. The van der Waals surface area contributed by atoms with Gasteiger partial charge >= 0.3 is 6.36 Å². The number of amides is 2. The predicted octanol–water partition coefficient (Wildman–Crippen LogP) is 4.41. The number of carbonyl (C=O) groups excluding carboxylic acids is 2. The molecule has 0 aliphatic carbocycles. The summed E-state index contributed by atoms with van der Waals surface area (Å²) >= 11 is 7.52. The molecule has 2 aromatic carbocycles. The van der Waals surface area contributed by atoms with Crippen LogP contribution in [0, 0.1) is 0 Å². The number of nitrogens with one attached hydrogen (secondary N) is 2. The summed E-state index contributed by atoms with van der Waals surface area (Å²) in [6.45, 7) is -0.192. The number of thioether (sulfide) groups is 1. The van der Waals surface area contributed by atoms with Crippen LogP contribution in [-0.2, 0) is 11.3 Å². The Labute approximate surface area is 181 Å². The highest BCUT2D eigenvalue weighted by atomic mass is 35.5. The highest BCUT2D eigenvalue weighted by Gasteiger charge is 2.32. The first kappa shape index (κ1) is 23.9. The molecular weight excluding hydrogens is 441 g/mol. The molecule has 2 amide bonds. The molecule has 0 heterocycles. The zero-order valence-corrected chi connectivity index (χ0v) is 17.5. The molecule has 0 aliphatic heterocycles.